The van der Waals surface area contributed by atoms with Gasteiger partial charge in [-0.15, -0.1) is 0 Å². The van der Waals surface area contributed by atoms with Crippen LogP contribution in [0, 0.1) is 5.92 Å². The molecule has 0 aliphatic heterocycles. The summed E-state index contributed by atoms with van der Waals surface area (Å²) in [4.78, 5) is 17.0. The van der Waals surface area contributed by atoms with Gasteiger partial charge in [-0.05, 0) is 42.3 Å². The average molecular weight is 356 g/mol. The van der Waals surface area contributed by atoms with Gasteiger partial charge < -0.3 is 9.88 Å². The molecular formula is C20H22ClN3O. The van der Waals surface area contributed by atoms with Crippen molar-refractivity contribution in [2.45, 2.75) is 33.4 Å². The molecule has 3 rings (SSSR count). The van der Waals surface area contributed by atoms with Crippen LogP contribution in [0.2, 0.25) is 5.02 Å². The number of amides is 1. The van der Waals surface area contributed by atoms with Gasteiger partial charge in [-0.25, -0.2) is 4.98 Å². The predicted octanol–water partition coefficient (Wildman–Crippen LogP) is 4.67. The van der Waals surface area contributed by atoms with Crippen LogP contribution < -0.4 is 5.32 Å². The number of nitrogens with zero attached hydrogens (tertiary/aromatic N) is 2. The average Bonchev–Trinajstić information content (AvgIpc) is 2.98. The Morgan fingerprint density at radius 1 is 1.20 bits per heavy atom. The number of benzene rings is 2. The molecule has 0 aliphatic rings. The second-order valence-corrected chi connectivity index (χ2v) is 6.77. The van der Waals surface area contributed by atoms with Crippen molar-refractivity contribution in [3.8, 4) is 0 Å². The third-order valence-electron chi connectivity index (χ3n) is 4.44. The Bertz CT molecular complexity index is 870. The molecule has 0 spiro atoms. The summed E-state index contributed by atoms with van der Waals surface area (Å²) in [6, 6.07) is 15.0. The van der Waals surface area contributed by atoms with Crippen LogP contribution >= 0.6 is 11.6 Å². The minimum Gasteiger partial charge on any atom is -0.345 e. The van der Waals surface area contributed by atoms with E-state index in [1.807, 2.05) is 18.2 Å². The van der Waals surface area contributed by atoms with Crippen LogP contribution in [0.1, 0.15) is 36.5 Å². The summed E-state index contributed by atoms with van der Waals surface area (Å²) < 4.78 is 2.21. The van der Waals surface area contributed by atoms with Crippen LogP contribution in [0.5, 0.6) is 0 Å². The van der Waals surface area contributed by atoms with Gasteiger partial charge in [0.25, 0.3) is 5.91 Å². The Labute approximate surface area is 152 Å². The first-order valence-corrected chi connectivity index (χ1v) is 8.94. The minimum absolute atomic E-state index is 0.126. The standard InChI is InChI=1S/C20H22ClN3O/c1-3-14(2)13-24-18-7-5-4-6-17(18)23-19(24)12-22-20(25)15-8-10-16(21)11-9-15/h4-11,14H,3,12-13H2,1-2H3,(H,22,25). The van der Waals surface area contributed by atoms with Crippen LogP contribution in [0.4, 0.5) is 0 Å². The van der Waals surface area contributed by atoms with Gasteiger partial charge in [0, 0.05) is 17.1 Å². The topological polar surface area (TPSA) is 46.9 Å². The van der Waals surface area contributed by atoms with Crippen molar-refractivity contribution in [1.82, 2.24) is 14.9 Å². The molecule has 130 valence electrons. The molecule has 0 aliphatic carbocycles. The second kappa shape index (κ2) is 7.70. The highest BCUT2D eigenvalue weighted by molar-refractivity contribution is 6.30. The van der Waals surface area contributed by atoms with Gasteiger partial charge in [0.05, 0.1) is 17.6 Å². The van der Waals surface area contributed by atoms with Gasteiger partial charge in [0.15, 0.2) is 0 Å². The lowest BCUT2D eigenvalue weighted by molar-refractivity contribution is 0.0949. The fraction of sp³-hybridized carbons (Fsp3) is 0.300. The smallest absolute Gasteiger partial charge is 0.251 e. The molecule has 0 saturated heterocycles. The van der Waals surface area contributed by atoms with Crippen molar-refractivity contribution in [1.29, 1.82) is 0 Å². The van der Waals surface area contributed by atoms with Crippen molar-refractivity contribution in [3.05, 3.63) is 64.9 Å². The Morgan fingerprint density at radius 3 is 2.64 bits per heavy atom. The molecule has 1 unspecified atom stereocenters. The number of carbonyl (C=O) groups excluding carboxylic acids is 1. The maximum atomic E-state index is 12.3. The third kappa shape index (κ3) is 4.02. The monoisotopic (exact) mass is 355 g/mol. The summed E-state index contributed by atoms with van der Waals surface area (Å²) in [5, 5.41) is 3.58. The number of fused-ring (bicyclic) bond motifs is 1. The highest BCUT2D eigenvalue weighted by Gasteiger charge is 2.14. The van der Waals surface area contributed by atoms with Gasteiger partial charge >= 0.3 is 0 Å². The van der Waals surface area contributed by atoms with Gasteiger partial charge in [-0.1, -0.05) is 44.0 Å². The molecule has 2 aromatic carbocycles. The lowest BCUT2D eigenvalue weighted by Crippen LogP contribution is -2.25. The molecule has 0 radical (unpaired) electrons. The number of nitrogens with one attached hydrogen (secondary N) is 1. The highest BCUT2D eigenvalue weighted by atomic mass is 35.5. The molecule has 1 N–H and O–H groups in total. The molecule has 25 heavy (non-hydrogen) atoms. The number of aromatic nitrogens is 2. The molecule has 1 aromatic heterocycles. The van der Waals surface area contributed by atoms with Crippen molar-refractivity contribution in [3.63, 3.8) is 0 Å². The van der Waals surface area contributed by atoms with Crippen LogP contribution in [0.3, 0.4) is 0 Å². The molecule has 0 saturated carbocycles. The Kier molecular flexibility index (Phi) is 5.39. The van der Waals surface area contributed by atoms with Crippen LogP contribution in [-0.2, 0) is 13.1 Å². The summed E-state index contributed by atoms with van der Waals surface area (Å²) in [6.07, 6.45) is 1.10. The molecule has 0 fully saturated rings. The van der Waals surface area contributed by atoms with Gasteiger partial charge in [0.1, 0.15) is 5.82 Å². The molecule has 3 aromatic rings. The Morgan fingerprint density at radius 2 is 1.92 bits per heavy atom. The Hall–Kier alpha value is -2.33. The van der Waals surface area contributed by atoms with E-state index in [0.29, 0.717) is 23.0 Å². The first-order chi connectivity index (χ1) is 12.1. The summed E-state index contributed by atoms with van der Waals surface area (Å²) in [5.41, 5.74) is 2.66. The van der Waals surface area contributed by atoms with E-state index in [-0.39, 0.29) is 5.91 Å². The van der Waals surface area contributed by atoms with Crippen molar-refractivity contribution >= 4 is 28.5 Å². The zero-order valence-corrected chi connectivity index (χ0v) is 15.3. The molecule has 1 amide bonds. The van der Waals surface area contributed by atoms with E-state index in [2.05, 4.69) is 29.8 Å². The second-order valence-electron chi connectivity index (χ2n) is 6.33. The normalized spacial score (nSPS) is 12.3. The highest BCUT2D eigenvalue weighted by Crippen LogP contribution is 2.19. The van der Waals surface area contributed by atoms with E-state index in [0.717, 1.165) is 29.8 Å². The number of hydrogen-bond donors (Lipinski definition) is 1. The van der Waals surface area contributed by atoms with Crippen LogP contribution in [0.15, 0.2) is 48.5 Å². The number of halogens is 1. The number of para-hydroxylation sites is 2. The minimum atomic E-state index is -0.126. The van der Waals surface area contributed by atoms with Crippen molar-refractivity contribution in [2.24, 2.45) is 5.92 Å². The fourth-order valence-corrected chi connectivity index (χ4v) is 2.89. The van der Waals surface area contributed by atoms with E-state index >= 15 is 0 Å². The Balaban J connectivity index is 1.81. The first kappa shape index (κ1) is 17.5. The van der Waals surface area contributed by atoms with E-state index in [4.69, 9.17) is 16.6 Å². The largest absolute Gasteiger partial charge is 0.345 e. The summed E-state index contributed by atoms with van der Waals surface area (Å²) >= 11 is 5.87. The quantitative estimate of drug-likeness (QED) is 0.698. The molecule has 5 heteroatoms. The van der Waals surface area contributed by atoms with E-state index in [9.17, 15) is 4.79 Å². The van der Waals surface area contributed by atoms with Crippen molar-refractivity contribution < 1.29 is 4.79 Å². The van der Waals surface area contributed by atoms with Gasteiger partial charge in [-0.3, -0.25) is 4.79 Å². The zero-order valence-electron chi connectivity index (χ0n) is 14.5. The van der Waals surface area contributed by atoms with Crippen LogP contribution in [0.25, 0.3) is 11.0 Å². The number of imidazole rings is 1. The molecule has 1 heterocycles. The lowest BCUT2D eigenvalue weighted by Gasteiger charge is -2.14. The summed E-state index contributed by atoms with van der Waals surface area (Å²) in [7, 11) is 0. The molecule has 4 nitrogen and oxygen atoms in total. The van der Waals surface area contributed by atoms with E-state index in [1.165, 1.54) is 0 Å². The van der Waals surface area contributed by atoms with Crippen LogP contribution in [-0.4, -0.2) is 15.5 Å². The first-order valence-electron chi connectivity index (χ1n) is 8.56. The maximum Gasteiger partial charge on any atom is 0.251 e. The lowest BCUT2D eigenvalue weighted by atomic mass is 10.1. The zero-order chi connectivity index (χ0) is 17.8. The maximum absolute atomic E-state index is 12.3. The van der Waals surface area contributed by atoms with E-state index in [1.54, 1.807) is 24.3 Å². The number of rotatable bonds is 6. The number of carbonyl (C=O) groups is 1. The van der Waals surface area contributed by atoms with Gasteiger partial charge in [0.2, 0.25) is 0 Å². The fourth-order valence-electron chi connectivity index (χ4n) is 2.77. The molecular weight excluding hydrogens is 334 g/mol. The van der Waals surface area contributed by atoms with Gasteiger partial charge in [-0.2, -0.15) is 0 Å². The predicted molar refractivity (Wildman–Crippen MR) is 102 cm³/mol. The third-order valence-corrected chi connectivity index (χ3v) is 4.69. The summed E-state index contributed by atoms with van der Waals surface area (Å²) in [5.74, 6) is 1.30. The summed E-state index contributed by atoms with van der Waals surface area (Å²) in [6.45, 7) is 5.70. The SMILES string of the molecule is CCC(C)Cn1c(CNC(=O)c2ccc(Cl)cc2)nc2ccccc21. The number of hydrogen-bond acceptors (Lipinski definition) is 2. The van der Waals surface area contributed by atoms with Crippen molar-refractivity contribution in [2.75, 3.05) is 0 Å². The molecule has 0 bridgehead atoms. The molecule has 1 atom stereocenters. The van der Waals surface area contributed by atoms with E-state index < -0.39 is 0 Å².